The van der Waals surface area contributed by atoms with Gasteiger partial charge in [0.15, 0.2) is 0 Å². The van der Waals surface area contributed by atoms with Crippen molar-refractivity contribution in [1.82, 2.24) is 14.2 Å². The fourth-order valence-electron chi connectivity index (χ4n) is 3.59. The number of pyridine rings is 1. The molecule has 0 atom stereocenters. The van der Waals surface area contributed by atoms with Gasteiger partial charge in [-0.1, -0.05) is 17.7 Å². The lowest BCUT2D eigenvalue weighted by Crippen LogP contribution is -2.31. The van der Waals surface area contributed by atoms with Gasteiger partial charge in [0.1, 0.15) is 10.7 Å². The SMILES string of the molecule is O=C(c1ccc(Cl)c(S(=O)(=O)N2CCCC2)c1)N(Cc1cccnc1)Cc1ccco1. The molecule has 9 heteroatoms. The predicted molar refractivity (Wildman–Crippen MR) is 116 cm³/mol. The first-order valence-electron chi connectivity index (χ1n) is 9.95. The molecule has 3 heterocycles. The van der Waals surface area contributed by atoms with Crippen LogP contribution in [-0.2, 0) is 23.1 Å². The van der Waals surface area contributed by atoms with Crippen LogP contribution in [0.3, 0.4) is 0 Å². The van der Waals surface area contributed by atoms with Gasteiger partial charge in [0, 0.05) is 37.6 Å². The number of carbonyl (C=O) groups excluding carboxylic acids is 1. The number of amides is 1. The third kappa shape index (κ3) is 4.81. The molecule has 1 amide bonds. The Hall–Kier alpha value is -2.68. The Morgan fingerprint density at radius 2 is 1.94 bits per heavy atom. The number of benzene rings is 1. The summed E-state index contributed by atoms with van der Waals surface area (Å²) in [7, 11) is -3.76. The first-order chi connectivity index (χ1) is 14.9. The summed E-state index contributed by atoms with van der Waals surface area (Å²) < 4.78 is 32.9. The smallest absolute Gasteiger partial charge is 0.254 e. The number of halogens is 1. The molecule has 31 heavy (non-hydrogen) atoms. The van der Waals surface area contributed by atoms with Gasteiger partial charge in [-0.25, -0.2) is 8.42 Å². The van der Waals surface area contributed by atoms with Crippen molar-refractivity contribution in [2.45, 2.75) is 30.8 Å². The highest BCUT2D eigenvalue weighted by atomic mass is 35.5. The minimum Gasteiger partial charge on any atom is -0.467 e. The molecule has 4 rings (SSSR count). The fourth-order valence-corrected chi connectivity index (χ4v) is 5.60. The second-order valence-corrected chi connectivity index (χ2v) is 9.67. The van der Waals surface area contributed by atoms with Gasteiger partial charge in [-0.05, 0) is 54.8 Å². The van der Waals surface area contributed by atoms with E-state index in [2.05, 4.69) is 4.98 Å². The largest absolute Gasteiger partial charge is 0.467 e. The van der Waals surface area contributed by atoms with Crippen LogP contribution in [0.4, 0.5) is 0 Å². The summed E-state index contributed by atoms with van der Waals surface area (Å²) in [6.45, 7) is 1.45. The lowest BCUT2D eigenvalue weighted by Gasteiger charge is -2.23. The molecule has 0 aliphatic carbocycles. The molecule has 0 N–H and O–H groups in total. The molecule has 7 nitrogen and oxygen atoms in total. The highest BCUT2D eigenvalue weighted by Gasteiger charge is 2.30. The molecule has 2 aromatic heterocycles. The van der Waals surface area contributed by atoms with Crippen molar-refractivity contribution < 1.29 is 17.6 Å². The predicted octanol–water partition coefficient (Wildman–Crippen LogP) is 3.96. The number of hydrogen-bond acceptors (Lipinski definition) is 5. The first-order valence-corrected chi connectivity index (χ1v) is 11.8. The van der Waals surface area contributed by atoms with E-state index in [1.165, 1.54) is 16.4 Å². The van der Waals surface area contributed by atoms with E-state index in [0.717, 1.165) is 18.4 Å². The maximum absolute atomic E-state index is 13.4. The monoisotopic (exact) mass is 459 g/mol. The fraction of sp³-hybridized carbons (Fsp3) is 0.273. The summed E-state index contributed by atoms with van der Waals surface area (Å²) in [5, 5.41) is 0.105. The van der Waals surface area contributed by atoms with Crippen molar-refractivity contribution in [3.63, 3.8) is 0 Å². The molecular formula is C22H22ClN3O4S. The van der Waals surface area contributed by atoms with Gasteiger partial charge >= 0.3 is 0 Å². The van der Waals surface area contributed by atoms with Gasteiger partial charge in [-0.2, -0.15) is 4.31 Å². The van der Waals surface area contributed by atoms with E-state index in [-0.39, 0.29) is 27.9 Å². The van der Waals surface area contributed by atoms with Crippen LogP contribution in [0.1, 0.15) is 34.5 Å². The Balaban J connectivity index is 1.66. The summed E-state index contributed by atoms with van der Waals surface area (Å²) in [6, 6.07) is 11.6. The van der Waals surface area contributed by atoms with Gasteiger partial charge < -0.3 is 9.32 Å². The summed E-state index contributed by atoms with van der Waals surface area (Å²) >= 11 is 6.23. The Morgan fingerprint density at radius 3 is 2.61 bits per heavy atom. The molecule has 0 saturated carbocycles. The lowest BCUT2D eigenvalue weighted by atomic mass is 10.1. The van der Waals surface area contributed by atoms with Crippen molar-refractivity contribution >= 4 is 27.5 Å². The van der Waals surface area contributed by atoms with Crippen LogP contribution in [0.5, 0.6) is 0 Å². The quantitative estimate of drug-likeness (QED) is 0.534. The Kier molecular flexibility index (Phi) is 6.41. The number of hydrogen-bond donors (Lipinski definition) is 0. The Bertz CT molecular complexity index is 1140. The van der Waals surface area contributed by atoms with Crippen LogP contribution in [0, 0.1) is 0 Å². The average molecular weight is 460 g/mol. The molecule has 0 spiro atoms. The molecule has 0 unspecified atom stereocenters. The third-order valence-corrected chi connectivity index (χ3v) is 7.55. The molecule has 3 aromatic rings. The van der Waals surface area contributed by atoms with Crippen LogP contribution >= 0.6 is 11.6 Å². The second-order valence-electron chi connectivity index (χ2n) is 7.36. The van der Waals surface area contributed by atoms with Gasteiger partial charge in [-0.3, -0.25) is 9.78 Å². The number of rotatable bonds is 7. The number of furan rings is 1. The topological polar surface area (TPSA) is 83.7 Å². The summed E-state index contributed by atoms with van der Waals surface area (Å²) in [5.74, 6) is 0.297. The third-order valence-electron chi connectivity index (χ3n) is 5.17. The van der Waals surface area contributed by atoms with E-state index < -0.39 is 10.0 Å². The van der Waals surface area contributed by atoms with Gasteiger partial charge in [0.05, 0.1) is 17.8 Å². The molecular weight excluding hydrogens is 438 g/mol. The number of aromatic nitrogens is 1. The zero-order valence-electron chi connectivity index (χ0n) is 16.8. The van der Waals surface area contributed by atoms with Crippen molar-refractivity contribution in [2.24, 2.45) is 0 Å². The van der Waals surface area contributed by atoms with Gasteiger partial charge in [0.25, 0.3) is 5.91 Å². The van der Waals surface area contributed by atoms with E-state index in [1.807, 2.05) is 6.07 Å². The normalized spacial score (nSPS) is 14.6. The summed E-state index contributed by atoms with van der Waals surface area (Å²) in [6.07, 6.45) is 6.53. The Labute approximate surface area is 186 Å². The molecule has 1 aliphatic rings. The number of carbonyl (C=O) groups is 1. The summed E-state index contributed by atoms with van der Waals surface area (Å²) in [5.41, 5.74) is 1.10. The molecule has 1 aromatic carbocycles. The molecule has 0 radical (unpaired) electrons. The average Bonchev–Trinajstić information content (AvgIpc) is 3.48. The molecule has 1 aliphatic heterocycles. The van der Waals surface area contributed by atoms with E-state index >= 15 is 0 Å². The molecule has 0 bridgehead atoms. The van der Waals surface area contributed by atoms with Crippen molar-refractivity contribution in [1.29, 1.82) is 0 Å². The zero-order valence-corrected chi connectivity index (χ0v) is 18.3. The second kappa shape index (κ2) is 9.21. The van der Waals surface area contributed by atoms with Crippen molar-refractivity contribution in [2.75, 3.05) is 13.1 Å². The standard InChI is InChI=1S/C22H22ClN3O4S/c23-20-8-7-18(13-21(20)31(28,29)26-10-1-2-11-26)22(27)25(16-19-6-4-12-30-19)15-17-5-3-9-24-14-17/h3-9,12-14H,1-2,10-11,15-16H2. The number of sulfonamides is 1. The summed E-state index contributed by atoms with van der Waals surface area (Å²) in [4.78, 5) is 19.1. The van der Waals surface area contributed by atoms with Crippen molar-refractivity contribution in [3.8, 4) is 0 Å². The zero-order chi connectivity index (χ0) is 21.8. The van der Waals surface area contributed by atoms with Crippen LogP contribution in [-0.4, -0.2) is 41.6 Å². The number of nitrogens with zero attached hydrogens (tertiary/aromatic N) is 3. The maximum Gasteiger partial charge on any atom is 0.254 e. The minimum absolute atomic E-state index is 0.0405. The Morgan fingerprint density at radius 1 is 1.13 bits per heavy atom. The molecule has 1 saturated heterocycles. The van der Waals surface area contributed by atoms with E-state index in [9.17, 15) is 13.2 Å². The van der Waals surface area contributed by atoms with Crippen LogP contribution in [0.25, 0.3) is 0 Å². The van der Waals surface area contributed by atoms with E-state index in [4.69, 9.17) is 16.0 Å². The first kappa shape index (κ1) is 21.5. The van der Waals surface area contributed by atoms with Crippen LogP contribution in [0.2, 0.25) is 5.02 Å². The molecule has 162 valence electrons. The lowest BCUT2D eigenvalue weighted by molar-refractivity contribution is 0.0717. The maximum atomic E-state index is 13.4. The van der Waals surface area contributed by atoms with E-state index in [0.29, 0.717) is 25.4 Å². The van der Waals surface area contributed by atoms with Crippen LogP contribution in [0.15, 0.2) is 70.4 Å². The highest BCUT2D eigenvalue weighted by Crippen LogP contribution is 2.29. The minimum atomic E-state index is -3.76. The molecule has 1 fully saturated rings. The van der Waals surface area contributed by atoms with Gasteiger partial charge in [-0.15, -0.1) is 0 Å². The van der Waals surface area contributed by atoms with Gasteiger partial charge in [0.2, 0.25) is 10.0 Å². The van der Waals surface area contributed by atoms with Crippen LogP contribution < -0.4 is 0 Å². The highest BCUT2D eigenvalue weighted by molar-refractivity contribution is 7.89. The van der Waals surface area contributed by atoms with E-state index in [1.54, 1.807) is 47.8 Å². The van der Waals surface area contributed by atoms with Crippen molar-refractivity contribution in [3.05, 3.63) is 83.0 Å².